The van der Waals surface area contributed by atoms with Gasteiger partial charge in [-0.2, -0.15) is 0 Å². The molecule has 1 rings (SSSR count). The predicted molar refractivity (Wildman–Crippen MR) is 50.8 cm³/mol. The Hall–Kier alpha value is -0.610. The van der Waals surface area contributed by atoms with Gasteiger partial charge in [0.25, 0.3) is 0 Å². The fourth-order valence-electron chi connectivity index (χ4n) is 1.42. The zero-order valence-corrected chi connectivity index (χ0v) is 9.04. The van der Waals surface area contributed by atoms with Crippen molar-refractivity contribution >= 4 is 5.97 Å². The van der Waals surface area contributed by atoms with Gasteiger partial charge in [0, 0.05) is 6.42 Å². The van der Waals surface area contributed by atoms with E-state index in [-0.39, 0.29) is 12.1 Å². The molecule has 0 bridgehead atoms. The fourth-order valence-corrected chi connectivity index (χ4v) is 1.42. The minimum Gasteiger partial charge on any atom is -0.466 e. The van der Waals surface area contributed by atoms with E-state index in [0.29, 0.717) is 26.1 Å². The number of carbonyl (C=O) groups is 1. The molecule has 1 aliphatic rings. The third-order valence-corrected chi connectivity index (χ3v) is 2.04. The van der Waals surface area contributed by atoms with Crippen molar-refractivity contribution in [3.05, 3.63) is 0 Å². The second kappa shape index (κ2) is 4.75. The molecule has 0 aromatic rings. The molecule has 1 atom stereocenters. The van der Waals surface area contributed by atoms with E-state index in [9.17, 15) is 4.79 Å². The molecule has 1 saturated heterocycles. The molecule has 0 saturated carbocycles. The van der Waals surface area contributed by atoms with Crippen LogP contribution in [0.5, 0.6) is 0 Å². The first-order valence-electron chi connectivity index (χ1n) is 5.01. The summed E-state index contributed by atoms with van der Waals surface area (Å²) in [7, 11) is 0. The number of hydrogen-bond donors (Lipinski definition) is 0. The number of esters is 1. The molecule has 4 heteroatoms. The zero-order valence-electron chi connectivity index (χ0n) is 9.04. The largest absolute Gasteiger partial charge is 0.466 e. The lowest BCUT2D eigenvalue weighted by molar-refractivity contribution is -0.148. The molecule has 0 aromatic carbocycles. The maximum absolute atomic E-state index is 11.0. The lowest BCUT2D eigenvalue weighted by Crippen LogP contribution is -2.22. The molecule has 0 amide bonds. The standard InChI is InChI=1S/C10H18O4/c1-4-12-9(11)6-5-8-7-13-10(2,3)14-8/h8H,4-7H2,1-3H3/t8-/m0/s1. The number of carbonyl (C=O) groups excluding carboxylic acids is 1. The third kappa shape index (κ3) is 3.64. The molecule has 0 spiro atoms. The van der Waals surface area contributed by atoms with Gasteiger partial charge in [0.15, 0.2) is 5.79 Å². The number of ether oxygens (including phenoxy) is 3. The first-order chi connectivity index (χ1) is 6.53. The molecule has 0 N–H and O–H groups in total. The minimum atomic E-state index is -0.501. The maximum Gasteiger partial charge on any atom is 0.305 e. The Morgan fingerprint density at radius 3 is 2.79 bits per heavy atom. The molecular formula is C10H18O4. The third-order valence-electron chi connectivity index (χ3n) is 2.04. The van der Waals surface area contributed by atoms with E-state index in [1.54, 1.807) is 6.92 Å². The SMILES string of the molecule is CCOC(=O)CC[C@H]1COC(C)(C)O1. The van der Waals surface area contributed by atoms with Gasteiger partial charge in [-0.1, -0.05) is 0 Å². The summed E-state index contributed by atoms with van der Waals surface area (Å²) in [6.07, 6.45) is 1.09. The first-order valence-corrected chi connectivity index (χ1v) is 5.01. The predicted octanol–water partition coefficient (Wildman–Crippen LogP) is 1.48. The topological polar surface area (TPSA) is 44.8 Å². The van der Waals surface area contributed by atoms with E-state index in [1.807, 2.05) is 13.8 Å². The normalized spacial score (nSPS) is 24.9. The van der Waals surface area contributed by atoms with E-state index in [0.717, 1.165) is 0 Å². The highest BCUT2D eigenvalue weighted by molar-refractivity contribution is 5.69. The second-order valence-corrected chi connectivity index (χ2v) is 3.79. The Bertz CT molecular complexity index is 200. The molecule has 14 heavy (non-hydrogen) atoms. The summed E-state index contributed by atoms with van der Waals surface area (Å²) in [6, 6.07) is 0. The zero-order chi connectivity index (χ0) is 10.6. The van der Waals surface area contributed by atoms with Gasteiger partial charge in [-0.05, 0) is 27.2 Å². The van der Waals surface area contributed by atoms with Crippen molar-refractivity contribution in [1.29, 1.82) is 0 Å². The molecule has 0 aliphatic carbocycles. The van der Waals surface area contributed by atoms with Gasteiger partial charge in [-0.15, -0.1) is 0 Å². The summed E-state index contributed by atoms with van der Waals surface area (Å²) < 4.78 is 15.7. The molecule has 4 nitrogen and oxygen atoms in total. The Kier molecular flexibility index (Phi) is 3.89. The molecule has 82 valence electrons. The van der Waals surface area contributed by atoms with E-state index in [2.05, 4.69) is 0 Å². The number of rotatable bonds is 4. The maximum atomic E-state index is 11.0. The average Bonchev–Trinajstić information content (AvgIpc) is 2.43. The van der Waals surface area contributed by atoms with Crippen LogP contribution in [-0.2, 0) is 19.0 Å². The van der Waals surface area contributed by atoms with Crippen LogP contribution in [0.25, 0.3) is 0 Å². The molecule has 1 fully saturated rings. The van der Waals surface area contributed by atoms with E-state index in [1.165, 1.54) is 0 Å². The Balaban J connectivity index is 2.17. The van der Waals surface area contributed by atoms with Gasteiger partial charge >= 0.3 is 5.97 Å². The van der Waals surface area contributed by atoms with Crippen LogP contribution in [0.4, 0.5) is 0 Å². The average molecular weight is 202 g/mol. The van der Waals surface area contributed by atoms with Crippen LogP contribution in [0.3, 0.4) is 0 Å². The van der Waals surface area contributed by atoms with Crippen molar-refractivity contribution in [3.8, 4) is 0 Å². The molecular weight excluding hydrogens is 184 g/mol. The van der Waals surface area contributed by atoms with Crippen molar-refractivity contribution in [3.63, 3.8) is 0 Å². The highest BCUT2D eigenvalue weighted by Crippen LogP contribution is 2.24. The quantitative estimate of drug-likeness (QED) is 0.648. The molecule has 1 heterocycles. The van der Waals surface area contributed by atoms with E-state index < -0.39 is 5.79 Å². The van der Waals surface area contributed by atoms with Crippen molar-refractivity contribution in [1.82, 2.24) is 0 Å². The van der Waals surface area contributed by atoms with Crippen LogP contribution < -0.4 is 0 Å². The minimum absolute atomic E-state index is 0.0226. The molecule has 0 unspecified atom stereocenters. The van der Waals surface area contributed by atoms with Crippen LogP contribution in [0.15, 0.2) is 0 Å². The highest BCUT2D eigenvalue weighted by atomic mass is 16.7. The summed E-state index contributed by atoms with van der Waals surface area (Å²) in [5, 5.41) is 0. The van der Waals surface area contributed by atoms with Gasteiger partial charge in [-0.3, -0.25) is 4.79 Å². The fraction of sp³-hybridized carbons (Fsp3) is 0.900. The summed E-state index contributed by atoms with van der Waals surface area (Å²) in [5.41, 5.74) is 0. The van der Waals surface area contributed by atoms with Gasteiger partial charge in [0.05, 0.1) is 19.3 Å². The van der Waals surface area contributed by atoms with Gasteiger partial charge in [0.1, 0.15) is 0 Å². The van der Waals surface area contributed by atoms with Gasteiger partial charge in [-0.25, -0.2) is 0 Å². The second-order valence-electron chi connectivity index (χ2n) is 3.79. The first kappa shape index (κ1) is 11.5. The summed E-state index contributed by atoms with van der Waals surface area (Å²) in [6.45, 7) is 6.55. The van der Waals surface area contributed by atoms with Gasteiger partial charge < -0.3 is 14.2 Å². The highest BCUT2D eigenvalue weighted by Gasteiger charge is 2.32. The lowest BCUT2D eigenvalue weighted by atomic mass is 10.2. The van der Waals surface area contributed by atoms with Crippen molar-refractivity contribution in [2.24, 2.45) is 0 Å². The van der Waals surface area contributed by atoms with Crippen molar-refractivity contribution in [2.75, 3.05) is 13.2 Å². The van der Waals surface area contributed by atoms with Crippen molar-refractivity contribution in [2.45, 2.75) is 45.5 Å². The van der Waals surface area contributed by atoms with E-state index >= 15 is 0 Å². The van der Waals surface area contributed by atoms with Crippen LogP contribution in [0, 0.1) is 0 Å². The van der Waals surface area contributed by atoms with Crippen LogP contribution in [0.2, 0.25) is 0 Å². The molecule has 1 aliphatic heterocycles. The van der Waals surface area contributed by atoms with Crippen molar-refractivity contribution < 1.29 is 19.0 Å². The molecule has 0 aromatic heterocycles. The Morgan fingerprint density at radius 2 is 2.29 bits per heavy atom. The lowest BCUT2D eigenvalue weighted by Gasteiger charge is -2.16. The van der Waals surface area contributed by atoms with Crippen LogP contribution >= 0.6 is 0 Å². The smallest absolute Gasteiger partial charge is 0.305 e. The summed E-state index contributed by atoms with van der Waals surface area (Å²) in [4.78, 5) is 11.0. The Morgan fingerprint density at radius 1 is 1.57 bits per heavy atom. The van der Waals surface area contributed by atoms with Gasteiger partial charge in [0.2, 0.25) is 0 Å². The van der Waals surface area contributed by atoms with E-state index in [4.69, 9.17) is 14.2 Å². The van der Waals surface area contributed by atoms with Crippen LogP contribution in [-0.4, -0.2) is 31.1 Å². The Labute approximate surface area is 84.5 Å². The monoisotopic (exact) mass is 202 g/mol. The molecule has 0 radical (unpaired) electrons. The van der Waals surface area contributed by atoms with Crippen LogP contribution in [0.1, 0.15) is 33.6 Å². The number of hydrogen-bond acceptors (Lipinski definition) is 4. The summed E-state index contributed by atoms with van der Waals surface area (Å²) >= 11 is 0. The summed E-state index contributed by atoms with van der Waals surface area (Å²) in [5.74, 6) is -0.667.